The summed E-state index contributed by atoms with van der Waals surface area (Å²) in [7, 11) is 4.96. The third-order valence-electron chi connectivity index (χ3n) is 3.42. The molecule has 124 valence electrons. The Bertz CT molecular complexity index is 349. The molecule has 1 unspecified atom stereocenters. The number of nitrogens with zero attached hydrogens (tertiary/aromatic N) is 1. The third-order valence-corrected chi connectivity index (χ3v) is 3.42. The lowest BCUT2D eigenvalue weighted by Gasteiger charge is -2.20. The van der Waals surface area contributed by atoms with Crippen molar-refractivity contribution < 1.29 is 23.9 Å². The number of ether oxygens (including phenoxy) is 2. The Morgan fingerprint density at radius 3 is 2.18 bits per heavy atom. The fourth-order valence-corrected chi connectivity index (χ4v) is 1.52. The first-order valence-corrected chi connectivity index (χ1v) is 7.57. The minimum Gasteiger partial charge on any atom is -0.379 e. The van der Waals surface area contributed by atoms with E-state index in [1.54, 1.807) is 0 Å². The van der Waals surface area contributed by atoms with Crippen molar-refractivity contribution in [2.75, 3.05) is 33.0 Å². The van der Waals surface area contributed by atoms with E-state index in [2.05, 4.69) is 0 Å². The summed E-state index contributed by atoms with van der Waals surface area (Å²) in [6.45, 7) is 7.52. The molecule has 0 aromatic rings. The largest absolute Gasteiger partial charge is 0.379 e. The molecule has 0 rings (SSSR count). The maximum absolute atomic E-state index is 11.9. The van der Waals surface area contributed by atoms with Gasteiger partial charge in [0.25, 0.3) is 0 Å². The molecule has 0 saturated heterocycles. The first-order chi connectivity index (χ1) is 10.4. The molecule has 1 atom stereocenters. The second-order valence-electron chi connectivity index (χ2n) is 5.56. The van der Waals surface area contributed by atoms with Crippen molar-refractivity contribution >= 4 is 25.8 Å². The molecule has 0 saturated carbocycles. The smallest absolute Gasteiger partial charge is 0.229 e. The molecule has 2 radical (unpaired) electrons. The zero-order chi connectivity index (χ0) is 17.0. The van der Waals surface area contributed by atoms with Crippen molar-refractivity contribution in [1.82, 2.24) is 4.90 Å². The fraction of sp³-hybridized carbons (Fsp3) is 0.800. The SMILES string of the molecule is [B]C(=O)CCOCCOCCN(C=O)C(=O)CC(C)C(C)C. The number of imide groups is 1. The van der Waals surface area contributed by atoms with E-state index in [1.165, 1.54) is 0 Å². The monoisotopic (exact) mass is 311 g/mol. The molecule has 0 aliphatic heterocycles. The van der Waals surface area contributed by atoms with Gasteiger partial charge in [-0.25, -0.2) is 0 Å². The van der Waals surface area contributed by atoms with Crippen LogP contribution < -0.4 is 0 Å². The normalized spacial score (nSPS) is 12.2. The molecule has 22 heavy (non-hydrogen) atoms. The van der Waals surface area contributed by atoms with Crippen molar-refractivity contribution in [3.63, 3.8) is 0 Å². The van der Waals surface area contributed by atoms with Crippen LogP contribution in [0.15, 0.2) is 0 Å². The highest BCUT2D eigenvalue weighted by atomic mass is 16.5. The van der Waals surface area contributed by atoms with E-state index in [4.69, 9.17) is 17.3 Å². The van der Waals surface area contributed by atoms with Gasteiger partial charge < -0.3 is 14.3 Å². The average Bonchev–Trinajstić information content (AvgIpc) is 2.45. The van der Waals surface area contributed by atoms with E-state index in [1.807, 2.05) is 20.8 Å². The van der Waals surface area contributed by atoms with Gasteiger partial charge in [-0.1, -0.05) is 20.8 Å². The van der Waals surface area contributed by atoms with Crippen LogP contribution in [0, 0.1) is 11.8 Å². The molecule has 2 amide bonds. The predicted octanol–water partition coefficient (Wildman–Crippen LogP) is 0.772. The number of carbonyl (C=O) groups is 3. The Morgan fingerprint density at radius 1 is 1.09 bits per heavy atom. The first-order valence-electron chi connectivity index (χ1n) is 7.57. The van der Waals surface area contributed by atoms with Gasteiger partial charge >= 0.3 is 0 Å². The van der Waals surface area contributed by atoms with Crippen LogP contribution in [0.5, 0.6) is 0 Å². The topological polar surface area (TPSA) is 72.9 Å². The number of rotatable bonds is 13. The molecular formula is C15H26BNO5. The molecule has 0 aromatic carbocycles. The van der Waals surface area contributed by atoms with Crippen LogP contribution in [0.1, 0.15) is 33.6 Å². The predicted molar refractivity (Wildman–Crippen MR) is 83.4 cm³/mol. The summed E-state index contributed by atoms with van der Waals surface area (Å²) < 4.78 is 10.4. The van der Waals surface area contributed by atoms with Crippen LogP contribution in [0.25, 0.3) is 0 Å². The van der Waals surface area contributed by atoms with Gasteiger partial charge in [0.2, 0.25) is 12.3 Å². The zero-order valence-electron chi connectivity index (χ0n) is 13.7. The van der Waals surface area contributed by atoms with Crippen LogP contribution in [-0.2, 0) is 23.9 Å². The van der Waals surface area contributed by atoms with Gasteiger partial charge in [-0.2, -0.15) is 0 Å². The second-order valence-corrected chi connectivity index (χ2v) is 5.56. The van der Waals surface area contributed by atoms with E-state index in [0.29, 0.717) is 32.0 Å². The molecule has 0 fully saturated rings. The van der Waals surface area contributed by atoms with Crippen molar-refractivity contribution in [2.45, 2.75) is 33.6 Å². The molecule has 7 heteroatoms. The quantitative estimate of drug-likeness (QED) is 0.285. The fourth-order valence-electron chi connectivity index (χ4n) is 1.52. The Labute approximate surface area is 133 Å². The summed E-state index contributed by atoms with van der Waals surface area (Å²) in [5.74, 6) is 0.443. The van der Waals surface area contributed by atoms with Crippen molar-refractivity contribution in [3.8, 4) is 0 Å². The Kier molecular flexibility index (Phi) is 11.7. The van der Waals surface area contributed by atoms with Gasteiger partial charge in [0.15, 0.2) is 7.85 Å². The summed E-state index contributed by atoms with van der Waals surface area (Å²) in [4.78, 5) is 34.5. The van der Waals surface area contributed by atoms with Gasteiger partial charge in [-0.3, -0.25) is 14.5 Å². The molecule has 0 bridgehead atoms. The van der Waals surface area contributed by atoms with Crippen LogP contribution in [0.4, 0.5) is 0 Å². The molecule has 0 heterocycles. The third kappa shape index (κ3) is 10.5. The number of carbonyl (C=O) groups excluding carboxylic acids is 3. The standard InChI is InChI=1S/C15H26BNO5/c1-12(2)13(3)10-15(20)17(11-18)5-7-22-9-8-21-6-4-14(16)19/h11-13H,4-10H2,1-3H3. The lowest BCUT2D eigenvalue weighted by molar-refractivity contribution is -0.139. The lowest BCUT2D eigenvalue weighted by atomic mass is 9.94. The highest BCUT2D eigenvalue weighted by Crippen LogP contribution is 2.14. The van der Waals surface area contributed by atoms with Crippen molar-refractivity contribution in [2.24, 2.45) is 11.8 Å². The summed E-state index contributed by atoms with van der Waals surface area (Å²) in [5, 5.41) is 0. The van der Waals surface area contributed by atoms with Gasteiger partial charge in [0.05, 0.1) is 38.7 Å². The van der Waals surface area contributed by atoms with Crippen molar-refractivity contribution in [3.05, 3.63) is 0 Å². The maximum atomic E-state index is 11.9. The maximum Gasteiger partial charge on any atom is 0.229 e. The zero-order valence-corrected chi connectivity index (χ0v) is 13.7. The summed E-state index contributed by atoms with van der Waals surface area (Å²) in [5.41, 5.74) is -0.406. The van der Waals surface area contributed by atoms with E-state index in [-0.39, 0.29) is 38.0 Å². The minimum atomic E-state index is -0.406. The van der Waals surface area contributed by atoms with Gasteiger partial charge in [-0.05, 0) is 11.8 Å². The molecule has 0 aromatic heterocycles. The Balaban J connectivity index is 3.75. The highest BCUT2D eigenvalue weighted by Gasteiger charge is 2.17. The van der Waals surface area contributed by atoms with Gasteiger partial charge in [-0.15, -0.1) is 0 Å². The number of hydrogen-bond acceptors (Lipinski definition) is 5. The van der Waals surface area contributed by atoms with E-state index in [0.717, 1.165) is 4.90 Å². The van der Waals surface area contributed by atoms with E-state index >= 15 is 0 Å². The average molecular weight is 311 g/mol. The summed E-state index contributed by atoms with van der Waals surface area (Å²) >= 11 is 0. The Hall–Kier alpha value is -1.21. The lowest BCUT2D eigenvalue weighted by Crippen LogP contribution is -2.34. The highest BCUT2D eigenvalue weighted by molar-refractivity contribution is 6.57. The minimum absolute atomic E-state index is 0.182. The molecule has 0 spiro atoms. The van der Waals surface area contributed by atoms with Gasteiger partial charge in [0, 0.05) is 12.8 Å². The number of hydrogen-bond donors (Lipinski definition) is 0. The molecule has 0 aliphatic rings. The van der Waals surface area contributed by atoms with E-state index < -0.39 is 5.68 Å². The van der Waals surface area contributed by atoms with Crippen molar-refractivity contribution in [1.29, 1.82) is 0 Å². The molecule has 0 N–H and O–H groups in total. The molecule has 6 nitrogen and oxygen atoms in total. The summed E-state index contributed by atoms with van der Waals surface area (Å²) in [6.07, 6.45) is 1.08. The number of amides is 2. The van der Waals surface area contributed by atoms with Crippen LogP contribution >= 0.6 is 0 Å². The second kappa shape index (κ2) is 12.3. The van der Waals surface area contributed by atoms with Gasteiger partial charge in [0.1, 0.15) is 0 Å². The first kappa shape index (κ1) is 20.8. The Morgan fingerprint density at radius 2 is 1.68 bits per heavy atom. The molecular weight excluding hydrogens is 285 g/mol. The van der Waals surface area contributed by atoms with E-state index in [9.17, 15) is 14.4 Å². The summed E-state index contributed by atoms with van der Waals surface area (Å²) in [6, 6.07) is 0. The van der Waals surface area contributed by atoms with Crippen LogP contribution in [0.3, 0.4) is 0 Å². The van der Waals surface area contributed by atoms with Crippen LogP contribution in [-0.4, -0.2) is 63.7 Å². The molecule has 0 aliphatic carbocycles. The van der Waals surface area contributed by atoms with Crippen LogP contribution in [0.2, 0.25) is 0 Å².